The molecule has 1 aliphatic carbocycles. The number of halogens is 1. The van der Waals surface area contributed by atoms with E-state index < -0.39 is 24.0 Å². The third kappa shape index (κ3) is 8.38. The van der Waals surface area contributed by atoms with Crippen molar-refractivity contribution in [2.24, 2.45) is 5.92 Å². The van der Waals surface area contributed by atoms with E-state index in [0.29, 0.717) is 23.6 Å². The molecule has 0 saturated carbocycles. The van der Waals surface area contributed by atoms with E-state index in [-0.39, 0.29) is 24.5 Å². The minimum atomic E-state index is -0.739. The standard InChI is InChI=1S/C30H40FNO5/c1-6-36-29(34)12-11-26-27(15-24(31)16-28(26)35-5)20(2)37-19-25(33)18-32-30(3,4)17-21-13-22-9-7-8-10-23(22)14-21/h7-12,15-16,20-21,25,32-33H,6,13-14,17-19H2,1-5H3/t20-,25-/m1/s1. The molecule has 2 atom stereocenters. The molecular formula is C30H40FNO5. The predicted molar refractivity (Wildman–Crippen MR) is 143 cm³/mol. The number of hydrogen-bond acceptors (Lipinski definition) is 6. The number of benzene rings is 2. The Morgan fingerprint density at radius 2 is 1.92 bits per heavy atom. The molecule has 7 heteroatoms. The maximum absolute atomic E-state index is 14.3. The third-order valence-electron chi connectivity index (χ3n) is 6.76. The second-order valence-electron chi connectivity index (χ2n) is 10.3. The molecule has 0 fully saturated rings. The monoisotopic (exact) mass is 513 g/mol. The van der Waals surface area contributed by atoms with Gasteiger partial charge in [0.25, 0.3) is 0 Å². The van der Waals surface area contributed by atoms with Crippen molar-refractivity contribution in [3.05, 3.63) is 70.5 Å². The van der Waals surface area contributed by atoms with E-state index in [1.54, 1.807) is 13.8 Å². The number of rotatable bonds is 13. The van der Waals surface area contributed by atoms with Crippen LogP contribution in [0.25, 0.3) is 6.08 Å². The van der Waals surface area contributed by atoms with Gasteiger partial charge in [0.05, 0.1) is 32.5 Å². The van der Waals surface area contributed by atoms with Crippen molar-refractivity contribution in [2.75, 3.05) is 26.9 Å². The number of methoxy groups -OCH3 is 1. The fourth-order valence-corrected chi connectivity index (χ4v) is 5.02. The zero-order valence-electron chi connectivity index (χ0n) is 22.6. The van der Waals surface area contributed by atoms with Gasteiger partial charge in [-0.05, 0) is 81.7 Å². The molecular weight excluding hydrogens is 473 g/mol. The van der Waals surface area contributed by atoms with Crippen LogP contribution < -0.4 is 10.1 Å². The van der Waals surface area contributed by atoms with E-state index in [0.717, 1.165) is 19.3 Å². The van der Waals surface area contributed by atoms with Crippen LogP contribution in [0.2, 0.25) is 0 Å². The molecule has 0 aromatic heterocycles. The minimum absolute atomic E-state index is 0.0684. The van der Waals surface area contributed by atoms with E-state index in [9.17, 15) is 14.3 Å². The summed E-state index contributed by atoms with van der Waals surface area (Å²) in [5, 5.41) is 14.1. The molecule has 0 aliphatic heterocycles. The van der Waals surface area contributed by atoms with Crippen LogP contribution in [0.3, 0.4) is 0 Å². The summed E-state index contributed by atoms with van der Waals surface area (Å²) >= 11 is 0. The van der Waals surface area contributed by atoms with Crippen molar-refractivity contribution in [1.29, 1.82) is 0 Å². The predicted octanol–water partition coefficient (Wildman–Crippen LogP) is 5.02. The highest BCUT2D eigenvalue weighted by molar-refractivity contribution is 5.88. The van der Waals surface area contributed by atoms with Gasteiger partial charge in [-0.3, -0.25) is 0 Å². The molecule has 37 heavy (non-hydrogen) atoms. The lowest BCUT2D eigenvalue weighted by Crippen LogP contribution is -2.45. The van der Waals surface area contributed by atoms with Crippen molar-refractivity contribution in [3.8, 4) is 5.75 Å². The Morgan fingerprint density at radius 3 is 2.54 bits per heavy atom. The third-order valence-corrected chi connectivity index (χ3v) is 6.76. The van der Waals surface area contributed by atoms with Crippen molar-refractivity contribution in [1.82, 2.24) is 5.32 Å². The Morgan fingerprint density at radius 1 is 1.24 bits per heavy atom. The summed E-state index contributed by atoms with van der Waals surface area (Å²) in [6.45, 7) is 8.52. The molecule has 0 spiro atoms. The first-order chi connectivity index (χ1) is 17.6. The summed E-state index contributed by atoms with van der Waals surface area (Å²) in [5.41, 5.74) is 3.78. The highest BCUT2D eigenvalue weighted by Gasteiger charge is 2.28. The second-order valence-corrected chi connectivity index (χ2v) is 10.3. The number of carbonyl (C=O) groups is 1. The van der Waals surface area contributed by atoms with E-state index in [1.807, 2.05) is 0 Å². The Bertz CT molecular complexity index is 1060. The number of nitrogens with one attached hydrogen (secondary N) is 1. The number of hydrogen-bond donors (Lipinski definition) is 2. The van der Waals surface area contributed by atoms with Crippen LogP contribution in [0.5, 0.6) is 5.75 Å². The Hall–Kier alpha value is -2.74. The van der Waals surface area contributed by atoms with Gasteiger partial charge in [0.15, 0.2) is 0 Å². The molecule has 202 valence electrons. The summed E-state index contributed by atoms with van der Waals surface area (Å²) in [5.74, 6) is -0.117. The van der Waals surface area contributed by atoms with Crippen LogP contribution in [0, 0.1) is 11.7 Å². The fourth-order valence-electron chi connectivity index (χ4n) is 5.02. The lowest BCUT2D eigenvalue weighted by atomic mass is 9.88. The van der Waals surface area contributed by atoms with Gasteiger partial charge >= 0.3 is 5.97 Å². The van der Waals surface area contributed by atoms with E-state index in [1.165, 1.54) is 42.5 Å². The summed E-state index contributed by atoms with van der Waals surface area (Å²) in [7, 11) is 1.44. The van der Waals surface area contributed by atoms with Crippen molar-refractivity contribution >= 4 is 12.0 Å². The zero-order valence-corrected chi connectivity index (χ0v) is 22.6. The first-order valence-electron chi connectivity index (χ1n) is 13.0. The Balaban J connectivity index is 1.55. The van der Waals surface area contributed by atoms with Crippen LogP contribution in [0.1, 0.15) is 62.5 Å². The molecule has 2 aromatic carbocycles. The first kappa shape index (κ1) is 28.8. The van der Waals surface area contributed by atoms with Gasteiger partial charge in [0, 0.05) is 29.8 Å². The summed E-state index contributed by atoms with van der Waals surface area (Å²) < 4.78 is 30.5. The number of carbonyl (C=O) groups excluding carboxylic acids is 1. The number of fused-ring (bicyclic) bond motifs is 1. The van der Waals surface area contributed by atoms with Gasteiger partial charge < -0.3 is 24.6 Å². The van der Waals surface area contributed by atoms with E-state index in [4.69, 9.17) is 14.2 Å². The van der Waals surface area contributed by atoms with Crippen molar-refractivity contribution in [3.63, 3.8) is 0 Å². The lowest BCUT2D eigenvalue weighted by Gasteiger charge is -2.31. The highest BCUT2D eigenvalue weighted by Crippen LogP contribution is 2.33. The average Bonchev–Trinajstić information content (AvgIpc) is 3.26. The van der Waals surface area contributed by atoms with Crippen molar-refractivity contribution in [2.45, 2.75) is 64.7 Å². The molecule has 0 amide bonds. The number of β-amino-alcohol motifs (C(OH)–C–C–N with tert-alkyl or cyclic N) is 1. The van der Waals surface area contributed by atoms with Crippen LogP contribution in [-0.2, 0) is 27.1 Å². The summed E-state index contributed by atoms with van der Waals surface area (Å²) in [6, 6.07) is 11.2. The molecule has 2 N–H and O–H groups in total. The van der Waals surface area contributed by atoms with E-state index in [2.05, 4.69) is 43.4 Å². The topological polar surface area (TPSA) is 77.0 Å². The normalized spacial score (nSPS) is 15.5. The van der Waals surface area contributed by atoms with Crippen LogP contribution in [-0.4, -0.2) is 49.6 Å². The lowest BCUT2D eigenvalue weighted by molar-refractivity contribution is -0.137. The molecule has 0 bridgehead atoms. The Labute approximate surface area is 219 Å². The maximum Gasteiger partial charge on any atom is 0.330 e. The van der Waals surface area contributed by atoms with Gasteiger partial charge in [0.2, 0.25) is 0 Å². The summed E-state index contributed by atoms with van der Waals surface area (Å²) in [6.07, 6.45) is 4.71. The molecule has 0 radical (unpaired) electrons. The molecule has 0 saturated heterocycles. The number of aliphatic hydroxyl groups excluding tert-OH is 1. The second kappa shape index (κ2) is 13.2. The maximum atomic E-state index is 14.3. The van der Waals surface area contributed by atoms with Crippen LogP contribution in [0.4, 0.5) is 4.39 Å². The van der Waals surface area contributed by atoms with Gasteiger partial charge in [-0.2, -0.15) is 0 Å². The van der Waals surface area contributed by atoms with Crippen molar-refractivity contribution < 1.29 is 28.5 Å². The molecule has 0 heterocycles. The molecule has 0 unspecified atom stereocenters. The van der Waals surface area contributed by atoms with Gasteiger partial charge in [0.1, 0.15) is 11.6 Å². The van der Waals surface area contributed by atoms with Gasteiger partial charge in [-0.1, -0.05) is 24.3 Å². The first-order valence-corrected chi connectivity index (χ1v) is 13.0. The Kier molecular flexibility index (Phi) is 10.3. The average molecular weight is 514 g/mol. The van der Waals surface area contributed by atoms with Gasteiger partial charge in [-0.25, -0.2) is 9.18 Å². The molecule has 3 rings (SSSR count). The minimum Gasteiger partial charge on any atom is -0.496 e. The smallest absolute Gasteiger partial charge is 0.330 e. The highest BCUT2D eigenvalue weighted by atomic mass is 19.1. The number of ether oxygens (including phenoxy) is 3. The van der Waals surface area contributed by atoms with Crippen LogP contribution >= 0.6 is 0 Å². The zero-order chi connectivity index (χ0) is 27.0. The molecule has 1 aliphatic rings. The van der Waals surface area contributed by atoms with Gasteiger partial charge in [-0.15, -0.1) is 0 Å². The quantitative estimate of drug-likeness (QED) is 0.289. The fraction of sp³-hybridized carbons (Fsp3) is 0.500. The molecule has 2 aromatic rings. The van der Waals surface area contributed by atoms with E-state index >= 15 is 0 Å². The summed E-state index contributed by atoms with van der Waals surface area (Å²) in [4.78, 5) is 11.8. The number of esters is 1. The number of aliphatic hydroxyl groups is 1. The molecule has 6 nitrogen and oxygen atoms in total. The van der Waals surface area contributed by atoms with Crippen LogP contribution in [0.15, 0.2) is 42.5 Å². The SMILES string of the molecule is CCOC(=O)C=Cc1c(OC)cc(F)cc1[C@@H](C)OC[C@H](O)CNC(C)(C)CC1Cc2ccccc2C1. The largest absolute Gasteiger partial charge is 0.496 e.